The van der Waals surface area contributed by atoms with Crippen LogP contribution in [0.3, 0.4) is 0 Å². The van der Waals surface area contributed by atoms with Gasteiger partial charge < -0.3 is 15.0 Å². The van der Waals surface area contributed by atoms with Crippen LogP contribution < -0.4 is 5.32 Å². The molecule has 4 aliphatic rings. The number of urea groups is 1. The molecule has 0 radical (unpaired) electrons. The Hall–Kier alpha value is -3.01. The van der Waals surface area contributed by atoms with Gasteiger partial charge in [0.2, 0.25) is 5.91 Å². The summed E-state index contributed by atoms with van der Waals surface area (Å²) in [6, 6.07) is 14.6. The highest BCUT2D eigenvalue weighted by atomic mass is 79.9. The lowest BCUT2D eigenvalue weighted by Gasteiger charge is -2.76. The first-order valence-corrected chi connectivity index (χ1v) is 13.8. The van der Waals surface area contributed by atoms with Gasteiger partial charge in [0.25, 0.3) is 5.92 Å². The zero-order valence-electron chi connectivity index (χ0n) is 22.2. The number of hydrogen-bond acceptors (Lipinski definition) is 4. The molecule has 1 atom stereocenters. The second-order valence-corrected chi connectivity index (χ2v) is 12.7. The van der Waals surface area contributed by atoms with Crippen molar-refractivity contribution in [3.63, 3.8) is 0 Å². The minimum Gasteiger partial charge on any atom is -0.444 e. The molecule has 2 aromatic carbocycles. The molecule has 2 bridgehead atoms. The van der Waals surface area contributed by atoms with Gasteiger partial charge in [-0.05, 0) is 50.8 Å². The number of halogens is 3. The van der Waals surface area contributed by atoms with Gasteiger partial charge in [-0.3, -0.25) is 9.69 Å². The minimum atomic E-state index is -2.94. The summed E-state index contributed by atoms with van der Waals surface area (Å²) < 4.78 is 37.1. The molecule has 7 nitrogen and oxygen atoms in total. The van der Waals surface area contributed by atoms with E-state index in [1.807, 2.05) is 6.07 Å². The van der Waals surface area contributed by atoms with E-state index in [9.17, 15) is 14.4 Å². The van der Waals surface area contributed by atoms with Crippen LogP contribution in [0.1, 0.15) is 57.2 Å². The summed E-state index contributed by atoms with van der Waals surface area (Å²) in [6.07, 6.45) is -0.0770. The van der Waals surface area contributed by atoms with Gasteiger partial charge >= 0.3 is 12.1 Å². The summed E-state index contributed by atoms with van der Waals surface area (Å²) in [4.78, 5) is 41.5. The third-order valence-electron chi connectivity index (χ3n) is 8.10. The zero-order chi connectivity index (χ0) is 28.2. The molecule has 0 aromatic heterocycles. The van der Waals surface area contributed by atoms with Crippen LogP contribution in [0.2, 0.25) is 0 Å². The van der Waals surface area contributed by atoms with Gasteiger partial charge in [-0.15, -0.1) is 0 Å². The highest BCUT2D eigenvalue weighted by Crippen LogP contribution is 2.81. The van der Waals surface area contributed by atoms with Crippen LogP contribution in [0.5, 0.6) is 0 Å². The van der Waals surface area contributed by atoms with Crippen LogP contribution in [0.4, 0.5) is 18.4 Å². The quantitative estimate of drug-likeness (QED) is 0.419. The van der Waals surface area contributed by atoms with E-state index in [0.717, 1.165) is 4.90 Å². The maximum Gasteiger partial charge on any atom is 0.408 e. The van der Waals surface area contributed by atoms with Crippen molar-refractivity contribution in [2.24, 2.45) is 5.41 Å². The van der Waals surface area contributed by atoms with E-state index in [-0.39, 0.29) is 26.1 Å². The van der Waals surface area contributed by atoms with Crippen molar-refractivity contribution in [2.45, 2.75) is 63.0 Å². The fourth-order valence-corrected chi connectivity index (χ4v) is 6.80. The van der Waals surface area contributed by atoms with E-state index in [1.165, 1.54) is 4.90 Å². The highest BCUT2D eigenvalue weighted by Gasteiger charge is 2.88. The van der Waals surface area contributed by atoms with Crippen molar-refractivity contribution in [3.05, 3.63) is 70.2 Å². The Bertz CT molecular complexity index is 1290. The monoisotopic (exact) mass is 603 g/mol. The molecule has 39 heavy (non-hydrogen) atoms. The maximum absolute atomic E-state index is 15.5. The van der Waals surface area contributed by atoms with Gasteiger partial charge in [0, 0.05) is 24.0 Å². The first-order chi connectivity index (χ1) is 18.3. The van der Waals surface area contributed by atoms with Gasteiger partial charge in [-0.2, -0.15) is 0 Å². The van der Waals surface area contributed by atoms with Gasteiger partial charge in [-0.1, -0.05) is 64.5 Å². The summed E-state index contributed by atoms with van der Waals surface area (Å²) in [5.41, 5.74) is -1.94. The van der Waals surface area contributed by atoms with Crippen LogP contribution in [0.15, 0.2) is 59.1 Å². The van der Waals surface area contributed by atoms with Crippen LogP contribution in [-0.2, 0) is 14.9 Å². The molecular formula is C29H32BrF2N3O4. The number of benzene rings is 2. The third kappa shape index (κ3) is 4.60. The van der Waals surface area contributed by atoms with Crippen molar-refractivity contribution < 1.29 is 27.9 Å². The van der Waals surface area contributed by atoms with Crippen molar-refractivity contribution in [3.8, 4) is 0 Å². The van der Waals surface area contributed by atoms with Crippen LogP contribution >= 0.6 is 15.9 Å². The molecular weight excluding hydrogens is 572 g/mol. The summed E-state index contributed by atoms with van der Waals surface area (Å²) in [5, 5.41) is 2.77. The lowest BCUT2D eigenvalue weighted by Crippen LogP contribution is -2.84. The standard InChI is InChI=1S/C29H32BrF2N3O4/c1-26(2,3)39-24(37)33-22(20-11-7-8-12-21(20)30)15-35-23(36)13-14-34(25(35)38)18-27-16-28(17-27,29(27,31)32)19-9-5-4-6-10-19/h4-12,22H,13-18H2,1-3H3,(H,33,37). The Labute approximate surface area is 235 Å². The third-order valence-corrected chi connectivity index (χ3v) is 8.82. The number of imide groups is 1. The Morgan fingerprint density at radius 3 is 2.33 bits per heavy atom. The summed E-state index contributed by atoms with van der Waals surface area (Å²) in [7, 11) is 0. The first kappa shape index (κ1) is 27.6. The molecule has 3 saturated carbocycles. The van der Waals surface area contributed by atoms with Crippen LogP contribution in [-0.4, -0.2) is 59.0 Å². The number of hydrogen-bond donors (Lipinski definition) is 1. The van der Waals surface area contributed by atoms with Crippen molar-refractivity contribution in [2.75, 3.05) is 19.6 Å². The first-order valence-electron chi connectivity index (χ1n) is 13.1. The Morgan fingerprint density at radius 2 is 1.72 bits per heavy atom. The molecule has 4 fully saturated rings. The lowest BCUT2D eigenvalue weighted by atomic mass is 9.30. The molecule has 208 valence electrons. The number of carbonyl (C=O) groups is 3. The fourth-order valence-electron chi connectivity index (χ4n) is 6.24. The predicted octanol–water partition coefficient (Wildman–Crippen LogP) is 6.04. The number of rotatable bonds is 7. The highest BCUT2D eigenvalue weighted by molar-refractivity contribution is 9.10. The van der Waals surface area contributed by atoms with Gasteiger partial charge in [0.15, 0.2) is 0 Å². The SMILES string of the molecule is CC(C)(C)OC(=O)NC(CN1C(=O)CCN(CC23CC(c4ccccc4)(C2)C3(F)F)C1=O)c1ccccc1Br. The molecule has 10 heteroatoms. The number of alkyl halides is 2. The number of nitrogens with one attached hydrogen (secondary N) is 1. The normalized spacial score (nSPS) is 26.4. The average molecular weight is 604 g/mol. The van der Waals surface area contributed by atoms with E-state index in [1.54, 1.807) is 69.3 Å². The number of carbonyl (C=O) groups excluding carboxylic acids is 3. The summed E-state index contributed by atoms with van der Waals surface area (Å²) in [6.45, 7) is 5.02. The molecule has 1 aliphatic heterocycles. The molecule has 4 amide bonds. The largest absolute Gasteiger partial charge is 0.444 e. The van der Waals surface area contributed by atoms with Crippen molar-refractivity contribution in [1.29, 1.82) is 0 Å². The fraction of sp³-hybridized carbons (Fsp3) is 0.483. The minimum absolute atomic E-state index is 0.0202. The van der Waals surface area contributed by atoms with E-state index < -0.39 is 46.4 Å². The molecule has 6 rings (SSSR count). The number of nitrogens with zero attached hydrogens (tertiary/aromatic N) is 2. The van der Waals surface area contributed by atoms with Gasteiger partial charge in [-0.25, -0.2) is 18.4 Å². The Morgan fingerprint density at radius 1 is 1.08 bits per heavy atom. The van der Waals surface area contributed by atoms with Gasteiger partial charge in [0.1, 0.15) is 5.60 Å². The summed E-state index contributed by atoms with van der Waals surface area (Å²) in [5.74, 6) is -3.35. The predicted molar refractivity (Wildman–Crippen MR) is 144 cm³/mol. The van der Waals surface area contributed by atoms with E-state index in [0.29, 0.717) is 28.4 Å². The molecule has 1 saturated heterocycles. The number of ether oxygens (including phenoxy) is 1. The maximum atomic E-state index is 15.5. The summed E-state index contributed by atoms with van der Waals surface area (Å²) >= 11 is 3.48. The molecule has 3 aliphatic carbocycles. The van der Waals surface area contributed by atoms with Crippen molar-refractivity contribution >= 4 is 34.0 Å². The Balaban J connectivity index is 1.33. The number of alkyl carbamates (subject to hydrolysis) is 1. The zero-order valence-corrected chi connectivity index (χ0v) is 23.8. The van der Waals surface area contributed by atoms with E-state index in [2.05, 4.69) is 21.2 Å². The Kier molecular flexibility index (Phi) is 6.76. The molecule has 1 N–H and O–H groups in total. The molecule has 0 spiro atoms. The van der Waals surface area contributed by atoms with Crippen molar-refractivity contribution in [1.82, 2.24) is 15.1 Å². The second kappa shape index (κ2) is 9.57. The number of amides is 4. The molecule has 2 aromatic rings. The second-order valence-electron chi connectivity index (χ2n) is 11.8. The van der Waals surface area contributed by atoms with Gasteiger partial charge in [0.05, 0.1) is 23.4 Å². The molecule has 1 heterocycles. The van der Waals surface area contributed by atoms with E-state index in [4.69, 9.17) is 4.74 Å². The smallest absolute Gasteiger partial charge is 0.408 e. The lowest BCUT2D eigenvalue weighted by molar-refractivity contribution is -0.372. The van der Waals surface area contributed by atoms with Crippen LogP contribution in [0.25, 0.3) is 0 Å². The average Bonchev–Trinajstić information content (AvgIpc) is 2.84. The topological polar surface area (TPSA) is 79.0 Å². The molecule has 1 unspecified atom stereocenters. The van der Waals surface area contributed by atoms with E-state index >= 15 is 8.78 Å². The van der Waals surface area contributed by atoms with Crippen LogP contribution in [0, 0.1) is 5.41 Å².